The lowest BCUT2D eigenvalue weighted by Crippen LogP contribution is -2.43. The van der Waals surface area contributed by atoms with Crippen LogP contribution in [0.15, 0.2) is 0 Å². The monoisotopic (exact) mass is 185 g/mol. The Labute approximate surface area is 79.7 Å². The van der Waals surface area contributed by atoms with Crippen molar-refractivity contribution in [2.75, 3.05) is 5.75 Å². The van der Waals surface area contributed by atoms with Gasteiger partial charge in [-0.3, -0.25) is 5.32 Å². The standard InChI is InChI=1S/C10H19NS/c1-3-9-7-12-10(11-9)6-4-5-8(10)2/h8-9,11H,3-7H2,1-2H3. The maximum absolute atomic E-state index is 3.83. The normalized spacial score (nSPS) is 47.5. The molecule has 1 nitrogen and oxygen atoms in total. The van der Waals surface area contributed by atoms with E-state index in [1.165, 1.54) is 31.4 Å². The average Bonchev–Trinajstić information content (AvgIpc) is 2.63. The van der Waals surface area contributed by atoms with E-state index in [9.17, 15) is 0 Å². The molecule has 2 aliphatic rings. The van der Waals surface area contributed by atoms with Crippen LogP contribution in [0.3, 0.4) is 0 Å². The van der Waals surface area contributed by atoms with Crippen molar-refractivity contribution in [1.29, 1.82) is 0 Å². The number of nitrogens with one attached hydrogen (secondary N) is 1. The highest BCUT2D eigenvalue weighted by molar-refractivity contribution is 8.00. The first-order valence-corrected chi connectivity index (χ1v) is 6.17. The van der Waals surface area contributed by atoms with Gasteiger partial charge in [0, 0.05) is 11.8 Å². The van der Waals surface area contributed by atoms with Crippen LogP contribution in [0.25, 0.3) is 0 Å². The van der Waals surface area contributed by atoms with Crippen molar-refractivity contribution in [3.05, 3.63) is 0 Å². The molecule has 1 saturated carbocycles. The van der Waals surface area contributed by atoms with E-state index < -0.39 is 0 Å². The highest BCUT2D eigenvalue weighted by Gasteiger charge is 2.45. The summed E-state index contributed by atoms with van der Waals surface area (Å²) in [6, 6.07) is 0.788. The molecule has 0 aromatic carbocycles. The predicted octanol–water partition coefficient (Wildman–Crippen LogP) is 2.62. The molecule has 1 N–H and O–H groups in total. The fourth-order valence-corrected chi connectivity index (χ4v) is 4.24. The SMILES string of the molecule is CCC1CSC2(CCCC2C)N1. The zero-order valence-electron chi connectivity index (χ0n) is 8.10. The summed E-state index contributed by atoms with van der Waals surface area (Å²) in [4.78, 5) is 0.487. The maximum atomic E-state index is 3.83. The van der Waals surface area contributed by atoms with Crippen LogP contribution in [-0.2, 0) is 0 Å². The van der Waals surface area contributed by atoms with Crippen molar-refractivity contribution in [3.8, 4) is 0 Å². The smallest absolute Gasteiger partial charge is 0.0673 e. The summed E-state index contributed by atoms with van der Waals surface area (Å²) in [5, 5.41) is 3.83. The second kappa shape index (κ2) is 3.22. The first-order valence-electron chi connectivity index (χ1n) is 5.18. The molecule has 0 amide bonds. The van der Waals surface area contributed by atoms with Gasteiger partial charge < -0.3 is 0 Å². The Bertz CT molecular complexity index is 171. The summed E-state index contributed by atoms with van der Waals surface area (Å²) in [7, 11) is 0. The molecule has 0 aromatic rings. The summed E-state index contributed by atoms with van der Waals surface area (Å²) in [6.07, 6.45) is 5.55. The van der Waals surface area contributed by atoms with Crippen LogP contribution in [0.4, 0.5) is 0 Å². The third-order valence-corrected chi connectivity index (χ3v) is 5.27. The Kier molecular flexibility index (Phi) is 2.39. The first-order chi connectivity index (χ1) is 5.77. The van der Waals surface area contributed by atoms with Crippen LogP contribution >= 0.6 is 11.8 Å². The lowest BCUT2D eigenvalue weighted by molar-refractivity contribution is 0.366. The van der Waals surface area contributed by atoms with Crippen molar-refractivity contribution < 1.29 is 0 Å². The van der Waals surface area contributed by atoms with Crippen LogP contribution < -0.4 is 5.32 Å². The molecule has 1 saturated heterocycles. The van der Waals surface area contributed by atoms with Gasteiger partial charge in [-0.25, -0.2) is 0 Å². The van der Waals surface area contributed by atoms with Gasteiger partial charge in [-0.2, -0.15) is 0 Å². The zero-order chi connectivity index (χ0) is 8.60. The molecule has 1 aliphatic carbocycles. The van der Waals surface area contributed by atoms with E-state index >= 15 is 0 Å². The Hall–Kier alpha value is 0.310. The van der Waals surface area contributed by atoms with Gasteiger partial charge in [0.1, 0.15) is 0 Å². The zero-order valence-corrected chi connectivity index (χ0v) is 8.91. The number of hydrogen-bond acceptors (Lipinski definition) is 2. The van der Waals surface area contributed by atoms with E-state index in [-0.39, 0.29) is 0 Å². The first kappa shape index (κ1) is 8.89. The fourth-order valence-electron chi connectivity index (χ4n) is 2.48. The lowest BCUT2D eigenvalue weighted by atomic mass is 10.0. The van der Waals surface area contributed by atoms with E-state index in [2.05, 4.69) is 30.9 Å². The minimum Gasteiger partial charge on any atom is -0.299 e. The highest BCUT2D eigenvalue weighted by atomic mass is 32.2. The molecule has 1 aliphatic heterocycles. The molecular formula is C10H19NS. The third kappa shape index (κ3) is 1.29. The van der Waals surface area contributed by atoms with Crippen molar-refractivity contribution in [2.24, 2.45) is 5.92 Å². The molecule has 1 heterocycles. The molecule has 2 fully saturated rings. The summed E-state index contributed by atoms with van der Waals surface area (Å²) >= 11 is 2.18. The molecule has 12 heavy (non-hydrogen) atoms. The Morgan fingerprint density at radius 1 is 1.58 bits per heavy atom. The highest BCUT2D eigenvalue weighted by Crippen LogP contribution is 2.47. The summed E-state index contributed by atoms with van der Waals surface area (Å²) in [5.41, 5.74) is 0. The summed E-state index contributed by atoms with van der Waals surface area (Å²) in [5.74, 6) is 2.22. The molecule has 2 heteroatoms. The maximum Gasteiger partial charge on any atom is 0.0673 e. The summed E-state index contributed by atoms with van der Waals surface area (Å²) < 4.78 is 0. The molecule has 0 aromatic heterocycles. The quantitative estimate of drug-likeness (QED) is 0.674. The molecule has 3 atom stereocenters. The predicted molar refractivity (Wildman–Crippen MR) is 55.4 cm³/mol. The van der Waals surface area contributed by atoms with Crippen LogP contribution in [-0.4, -0.2) is 16.7 Å². The third-order valence-electron chi connectivity index (χ3n) is 3.46. The van der Waals surface area contributed by atoms with E-state index in [0.717, 1.165) is 12.0 Å². The Balaban J connectivity index is 2.04. The van der Waals surface area contributed by atoms with Crippen molar-refractivity contribution in [3.63, 3.8) is 0 Å². The topological polar surface area (TPSA) is 12.0 Å². The van der Waals surface area contributed by atoms with Gasteiger partial charge in [-0.1, -0.05) is 20.3 Å². The van der Waals surface area contributed by atoms with Crippen molar-refractivity contribution >= 4 is 11.8 Å². The van der Waals surface area contributed by atoms with Crippen LogP contribution in [0, 0.1) is 5.92 Å². The van der Waals surface area contributed by atoms with Crippen LogP contribution in [0.5, 0.6) is 0 Å². The van der Waals surface area contributed by atoms with Crippen molar-refractivity contribution in [2.45, 2.75) is 50.4 Å². The van der Waals surface area contributed by atoms with Crippen LogP contribution in [0.2, 0.25) is 0 Å². The molecule has 1 spiro atoms. The molecule has 70 valence electrons. The van der Waals surface area contributed by atoms with Gasteiger partial charge in [0.15, 0.2) is 0 Å². The minimum atomic E-state index is 0.487. The fraction of sp³-hybridized carbons (Fsp3) is 1.00. The van der Waals surface area contributed by atoms with E-state index in [1.54, 1.807) is 0 Å². The van der Waals surface area contributed by atoms with Gasteiger partial charge in [-0.15, -0.1) is 11.8 Å². The molecule has 0 radical (unpaired) electrons. The Morgan fingerprint density at radius 3 is 2.92 bits per heavy atom. The Morgan fingerprint density at radius 2 is 2.42 bits per heavy atom. The average molecular weight is 185 g/mol. The van der Waals surface area contributed by atoms with Gasteiger partial charge in [0.05, 0.1) is 4.87 Å². The van der Waals surface area contributed by atoms with E-state index in [0.29, 0.717) is 4.87 Å². The molecule has 2 rings (SSSR count). The number of rotatable bonds is 1. The molecular weight excluding hydrogens is 166 g/mol. The molecule has 3 unspecified atom stereocenters. The van der Waals surface area contributed by atoms with Crippen LogP contribution in [0.1, 0.15) is 39.5 Å². The van der Waals surface area contributed by atoms with Gasteiger partial charge in [-0.05, 0) is 25.2 Å². The van der Waals surface area contributed by atoms with Gasteiger partial charge in [0.2, 0.25) is 0 Å². The number of thioether (sulfide) groups is 1. The second-order valence-corrected chi connectivity index (χ2v) is 5.59. The minimum absolute atomic E-state index is 0.487. The number of hydrogen-bond donors (Lipinski definition) is 1. The largest absolute Gasteiger partial charge is 0.299 e. The lowest BCUT2D eigenvalue weighted by Gasteiger charge is -2.29. The van der Waals surface area contributed by atoms with E-state index in [1.807, 2.05) is 0 Å². The summed E-state index contributed by atoms with van der Waals surface area (Å²) in [6.45, 7) is 4.70. The second-order valence-electron chi connectivity index (χ2n) is 4.24. The molecule has 0 bridgehead atoms. The van der Waals surface area contributed by atoms with Gasteiger partial charge in [0.25, 0.3) is 0 Å². The van der Waals surface area contributed by atoms with E-state index in [4.69, 9.17) is 0 Å². The van der Waals surface area contributed by atoms with Gasteiger partial charge >= 0.3 is 0 Å². The van der Waals surface area contributed by atoms with Crippen molar-refractivity contribution in [1.82, 2.24) is 5.32 Å².